The van der Waals surface area contributed by atoms with Gasteiger partial charge in [-0.3, -0.25) is 9.52 Å². The Hall–Kier alpha value is -1.60. The minimum Gasteiger partial charge on any atom is -0.316 e. The third-order valence-corrected chi connectivity index (χ3v) is 3.90. The number of nitrogens with two attached hydrogens (primary N) is 1. The normalized spacial score (nSPS) is 15.4. The molecule has 0 saturated carbocycles. The van der Waals surface area contributed by atoms with Crippen LogP contribution in [0.2, 0.25) is 0 Å². The predicted molar refractivity (Wildman–Crippen MR) is 69.8 cm³/mol. The van der Waals surface area contributed by atoms with Gasteiger partial charge in [-0.05, 0) is 30.2 Å². The molecule has 1 amide bonds. The highest BCUT2D eigenvalue weighted by Gasteiger charge is 2.21. The Kier molecular flexibility index (Phi) is 3.27. The van der Waals surface area contributed by atoms with Crippen molar-refractivity contribution in [3.63, 3.8) is 0 Å². The van der Waals surface area contributed by atoms with Crippen LogP contribution in [0.25, 0.3) is 0 Å². The Morgan fingerprint density at radius 3 is 2.78 bits per heavy atom. The minimum atomic E-state index is -3.48. The number of benzene rings is 1. The van der Waals surface area contributed by atoms with Crippen molar-refractivity contribution in [2.45, 2.75) is 12.8 Å². The fourth-order valence-electron chi connectivity index (χ4n) is 1.94. The molecule has 0 atom stereocenters. The summed E-state index contributed by atoms with van der Waals surface area (Å²) in [6.07, 6.45) is 1.06. The minimum absolute atomic E-state index is 0.0674. The lowest BCUT2D eigenvalue weighted by molar-refractivity contribution is -0.118. The van der Waals surface area contributed by atoms with Gasteiger partial charge in [-0.25, -0.2) is 8.42 Å². The Morgan fingerprint density at radius 2 is 2.11 bits per heavy atom. The SMILES string of the molecule is CN1C(=O)CCc2cc(NS(=O)(=O)CN)ccc21. The number of carbonyl (C=O) groups excluding carboxylic acids is 1. The van der Waals surface area contributed by atoms with Gasteiger partial charge in [0.1, 0.15) is 5.88 Å². The Balaban J connectivity index is 2.31. The van der Waals surface area contributed by atoms with Crippen LogP contribution in [-0.2, 0) is 21.2 Å². The molecule has 1 heterocycles. The van der Waals surface area contributed by atoms with E-state index in [4.69, 9.17) is 5.73 Å². The summed E-state index contributed by atoms with van der Waals surface area (Å²) in [4.78, 5) is 13.1. The van der Waals surface area contributed by atoms with E-state index in [2.05, 4.69) is 4.72 Å². The smallest absolute Gasteiger partial charge is 0.245 e. The molecule has 7 heteroatoms. The Morgan fingerprint density at radius 1 is 1.39 bits per heavy atom. The molecule has 6 nitrogen and oxygen atoms in total. The van der Waals surface area contributed by atoms with Crippen LogP contribution >= 0.6 is 0 Å². The summed E-state index contributed by atoms with van der Waals surface area (Å²) in [5.74, 6) is -0.388. The van der Waals surface area contributed by atoms with E-state index in [0.29, 0.717) is 18.5 Å². The van der Waals surface area contributed by atoms with Crippen LogP contribution in [0.5, 0.6) is 0 Å². The number of aryl methyl sites for hydroxylation is 1. The Bertz CT molecular complexity index is 583. The molecule has 0 aromatic heterocycles. The maximum atomic E-state index is 11.5. The highest BCUT2D eigenvalue weighted by atomic mass is 32.2. The van der Waals surface area contributed by atoms with E-state index in [1.165, 1.54) is 0 Å². The molecule has 0 bridgehead atoms. The standard InChI is InChI=1S/C11H15N3O3S/c1-14-10-4-3-9(13-18(16,17)7-12)6-8(10)2-5-11(14)15/h3-4,6,13H,2,5,7,12H2,1H3. The summed E-state index contributed by atoms with van der Waals surface area (Å²) in [7, 11) is -1.76. The van der Waals surface area contributed by atoms with Gasteiger partial charge in [0.05, 0.1) is 0 Å². The Labute approximate surface area is 106 Å². The number of hydrogen-bond donors (Lipinski definition) is 2. The molecule has 3 N–H and O–H groups in total. The van der Waals surface area contributed by atoms with Crippen molar-refractivity contribution in [3.8, 4) is 0 Å². The first-order chi connectivity index (χ1) is 8.43. The van der Waals surface area contributed by atoms with Crippen LogP contribution in [0.3, 0.4) is 0 Å². The van der Waals surface area contributed by atoms with E-state index in [-0.39, 0.29) is 5.91 Å². The van der Waals surface area contributed by atoms with E-state index in [9.17, 15) is 13.2 Å². The van der Waals surface area contributed by atoms with E-state index >= 15 is 0 Å². The highest BCUT2D eigenvalue weighted by Crippen LogP contribution is 2.29. The van der Waals surface area contributed by atoms with Crippen LogP contribution in [0.1, 0.15) is 12.0 Å². The molecule has 0 spiro atoms. The van der Waals surface area contributed by atoms with Gasteiger partial charge in [-0.15, -0.1) is 0 Å². The monoisotopic (exact) mass is 269 g/mol. The molecule has 1 aliphatic rings. The van der Waals surface area contributed by atoms with E-state index in [1.807, 2.05) is 0 Å². The molecule has 0 aliphatic carbocycles. The van der Waals surface area contributed by atoms with Gasteiger partial charge < -0.3 is 10.6 Å². The lowest BCUT2D eigenvalue weighted by Crippen LogP contribution is -2.31. The van der Waals surface area contributed by atoms with Crippen molar-refractivity contribution in [3.05, 3.63) is 23.8 Å². The molecule has 18 heavy (non-hydrogen) atoms. The average Bonchev–Trinajstić information content (AvgIpc) is 2.34. The molecular weight excluding hydrogens is 254 g/mol. The molecule has 1 aromatic rings. The number of fused-ring (bicyclic) bond motifs is 1. The summed E-state index contributed by atoms with van der Waals surface area (Å²) in [6, 6.07) is 5.10. The van der Waals surface area contributed by atoms with Gasteiger partial charge in [0.2, 0.25) is 15.9 Å². The molecular formula is C11H15N3O3S. The predicted octanol–water partition coefficient (Wildman–Crippen LogP) is 0.253. The molecule has 0 saturated heterocycles. The summed E-state index contributed by atoms with van der Waals surface area (Å²) in [5, 5.41) is 0. The van der Waals surface area contributed by atoms with Crippen molar-refractivity contribution in [1.82, 2.24) is 0 Å². The maximum Gasteiger partial charge on any atom is 0.245 e. The van der Waals surface area contributed by atoms with Crippen LogP contribution in [0.15, 0.2) is 18.2 Å². The summed E-state index contributed by atoms with van der Waals surface area (Å²) in [6.45, 7) is 0. The average molecular weight is 269 g/mol. The quantitative estimate of drug-likeness (QED) is 0.823. The first-order valence-corrected chi connectivity index (χ1v) is 7.18. The van der Waals surface area contributed by atoms with Gasteiger partial charge in [0.15, 0.2) is 0 Å². The highest BCUT2D eigenvalue weighted by molar-refractivity contribution is 7.92. The number of anilines is 2. The van der Waals surface area contributed by atoms with Gasteiger partial charge in [0, 0.05) is 24.8 Å². The van der Waals surface area contributed by atoms with Crippen LogP contribution in [-0.4, -0.2) is 27.2 Å². The zero-order chi connectivity index (χ0) is 13.3. The maximum absolute atomic E-state index is 11.5. The van der Waals surface area contributed by atoms with Crippen LogP contribution < -0.4 is 15.4 Å². The van der Waals surface area contributed by atoms with Crippen molar-refractivity contribution < 1.29 is 13.2 Å². The van der Waals surface area contributed by atoms with Gasteiger partial charge >= 0.3 is 0 Å². The number of sulfonamides is 1. The first kappa shape index (κ1) is 12.8. The van der Waals surface area contributed by atoms with Crippen molar-refractivity contribution in [1.29, 1.82) is 0 Å². The summed E-state index contributed by atoms with van der Waals surface area (Å²) in [5.41, 5.74) is 7.38. The molecule has 0 radical (unpaired) electrons. The lowest BCUT2D eigenvalue weighted by atomic mass is 10.0. The number of nitrogens with zero attached hydrogens (tertiary/aromatic N) is 1. The second-order valence-corrected chi connectivity index (χ2v) is 5.95. The topological polar surface area (TPSA) is 92.5 Å². The molecule has 2 rings (SSSR count). The van der Waals surface area contributed by atoms with Crippen LogP contribution in [0.4, 0.5) is 11.4 Å². The molecule has 1 aliphatic heterocycles. The largest absolute Gasteiger partial charge is 0.316 e. The van der Waals surface area contributed by atoms with Crippen molar-refractivity contribution in [2.24, 2.45) is 5.73 Å². The van der Waals surface area contributed by atoms with Gasteiger partial charge in [0.25, 0.3) is 0 Å². The second-order valence-electron chi connectivity index (χ2n) is 4.18. The van der Waals surface area contributed by atoms with Gasteiger partial charge in [-0.2, -0.15) is 0 Å². The van der Waals surface area contributed by atoms with Crippen molar-refractivity contribution >= 4 is 27.3 Å². The number of amides is 1. The fraction of sp³-hybridized carbons (Fsp3) is 0.364. The molecule has 0 unspecified atom stereocenters. The lowest BCUT2D eigenvalue weighted by Gasteiger charge is -2.26. The third kappa shape index (κ3) is 2.46. The number of hydrogen-bond acceptors (Lipinski definition) is 4. The number of nitrogens with one attached hydrogen (secondary N) is 1. The first-order valence-electron chi connectivity index (χ1n) is 5.53. The molecule has 0 fully saturated rings. The summed E-state index contributed by atoms with van der Waals surface area (Å²) < 4.78 is 25.1. The van der Waals surface area contributed by atoms with E-state index < -0.39 is 15.9 Å². The number of rotatable bonds is 3. The van der Waals surface area contributed by atoms with Crippen LogP contribution in [0, 0.1) is 0 Å². The van der Waals surface area contributed by atoms with E-state index in [0.717, 1.165) is 11.3 Å². The zero-order valence-electron chi connectivity index (χ0n) is 10.0. The fourth-order valence-corrected chi connectivity index (χ4v) is 2.51. The summed E-state index contributed by atoms with van der Waals surface area (Å²) >= 11 is 0. The van der Waals surface area contributed by atoms with E-state index in [1.54, 1.807) is 30.1 Å². The number of carbonyl (C=O) groups is 1. The zero-order valence-corrected chi connectivity index (χ0v) is 10.8. The van der Waals surface area contributed by atoms with Crippen molar-refractivity contribution in [2.75, 3.05) is 22.5 Å². The molecule has 1 aromatic carbocycles. The van der Waals surface area contributed by atoms with Gasteiger partial charge in [-0.1, -0.05) is 0 Å². The third-order valence-electron chi connectivity index (χ3n) is 2.92. The molecule has 98 valence electrons. The second kappa shape index (κ2) is 4.58.